The molecule has 0 spiro atoms. The van der Waals surface area contributed by atoms with E-state index in [2.05, 4.69) is 30.7 Å². The monoisotopic (exact) mass is 384 g/mol. The third-order valence-corrected chi connectivity index (χ3v) is 5.04. The Morgan fingerprint density at radius 1 is 1.18 bits per heavy atom. The minimum Gasteiger partial charge on any atom is -0.379 e. The number of aromatic amines is 1. The zero-order valence-electron chi connectivity index (χ0n) is 16.5. The lowest BCUT2D eigenvalue weighted by Crippen LogP contribution is -2.37. The molecule has 1 aliphatic rings. The van der Waals surface area contributed by atoms with E-state index in [1.54, 1.807) is 16.8 Å². The summed E-state index contributed by atoms with van der Waals surface area (Å²) in [7, 11) is 0. The zero-order chi connectivity index (χ0) is 19.9. The number of aromatic nitrogens is 3. The maximum atomic E-state index is 13.3. The number of nitrogens with zero attached hydrogens (tertiary/aromatic N) is 3. The van der Waals surface area contributed by atoms with Gasteiger partial charge in [0.25, 0.3) is 5.56 Å². The predicted octanol–water partition coefficient (Wildman–Crippen LogP) is 2.98. The van der Waals surface area contributed by atoms with Gasteiger partial charge in [-0.25, -0.2) is 9.07 Å². The van der Waals surface area contributed by atoms with Crippen molar-refractivity contribution in [3.05, 3.63) is 57.8 Å². The smallest absolute Gasteiger partial charge is 0.254 e. The fraction of sp³-hybridized carbons (Fsp3) is 0.429. The summed E-state index contributed by atoms with van der Waals surface area (Å²) >= 11 is 0. The van der Waals surface area contributed by atoms with E-state index in [1.807, 2.05) is 6.07 Å². The number of rotatable bonds is 3. The van der Waals surface area contributed by atoms with Crippen LogP contribution in [0.4, 0.5) is 4.39 Å². The van der Waals surface area contributed by atoms with Gasteiger partial charge in [-0.15, -0.1) is 0 Å². The van der Waals surface area contributed by atoms with Crippen molar-refractivity contribution in [1.82, 2.24) is 19.7 Å². The van der Waals surface area contributed by atoms with Crippen molar-refractivity contribution in [2.75, 3.05) is 26.3 Å². The summed E-state index contributed by atoms with van der Waals surface area (Å²) in [6, 6.07) is 8.06. The third kappa shape index (κ3) is 3.59. The maximum absolute atomic E-state index is 13.3. The van der Waals surface area contributed by atoms with Crippen LogP contribution in [0.5, 0.6) is 0 Å². The number of halogens is 1. The molecule has 0 saturated carbocycles. The van der Waals surface area contributed by atoms with Crippen LogP contribution in [0.2, 0.25) is 0 Å². The number of hydrogen-bond acceptors (Lipinski definition) is 4. The van der Waals surface area contributed by atoms with Crippen LogP contribution < -0.4 is 5.56 Å². The van der Waals surface area contributed by atoms with Crippen LogP contribution in [0.3, 0.4) is 0 Å². The van der Waals surface area contributed by atoms with Gasteiger partial charge in [-0.1, -0.05) is 20.8 Å². The van der Waals surface area contributed by atoms with E-state index in [-0.39, 0.29) is 16.8 Å². The number of benzene rings is 1. The summed E-state index contributed by atoms with van der Waals surface area (Å²) in [4.78, 5) is 18.0. The Bertz CT molecular complexity index is 1040. The SMILES string of the molecule is CC(C)(C)c1nn(-c2ccc(F)cc2)c2[nH]c(=O)c(CN3CCOCC3)cc12. The molecule has 0 amide bonds. The van der Waals surface area contributed by atoms with Gasteiger partial charge in [-0.3, -0.25) is 9.69 Å². The molecule has 0 bridgehead atoms. The minimum atomic E-state index is -0.308. The first-order valence-electron chi connectivity index (χ1n) is 9.54. The van der Waals surface area contributed by atoms with Crippen LogP contribution in [0.15, 0.2) is 35.1 Å². The fourth-order valence-electron chi connectivity index (χ4n) is 3.56. The van der Waals surface area contributed by atoms with Gasteiger partial charge in [0, 0.05) is 36.0 Å². The van der Waals surface area contributed by atoms with E-state index in [4.69, 9.17) is 9.84 Å². The normalized spacial score (nSPS) is 16.0. The lowest BCUT2D eigenvalue weighted by Gasteiger charge is -2.26. The molecule has 0 unspecified atom stereocenters. The molecule has 1 aromatic carbocycles. The molecule has 6 nitrogen and oxygen atoms in total. The number of ether oxygens (including phenoxy) is 1. The lowest BCUT2D eigenvalue weighted by atomic mass is 9.90. The molecule has 1 saturated heterocycles. The summed E-state index contributed by atoms with van der Waals surface area (Å²) in [6.45, 7) is 9.88. The average molecular weight is 384 g/mol. The van der Waals surface area contributed by atoms with Crippen molar-refractivity contribution in [2.45, 2.75) is 32.7 Å². The van der Waals surface area contributed by atoms with Crippen LogP contribution in [-0.2, 0) is 16.7 Å². The molecule has 4 rings (SSSR count). The molecule has 1 fully saturated rings. The second-order valence-corrected chi connectivity index (χ2v) is 8.26. The number of pyridine rings is 1. The number of morpholine rings is 1. The van der Waals surface area contributed by atoms with Gasteiger partial charge < -0.3 is 9.72 Å². The summed E-state index contributed by atoms with van der Waals surface area (Å²) in [6.07, 6.45) is 0. The summed E-state index contributed by atoms with van der Waals surface area (Å²) < 4.78 is 20.4. The Balaban J connectivity index is 1.85. The molecule has 0 radical (unpaired) electrons. The molecule has 28 heavy (non-hydrogen) atoms. The number of hydrogen-bond donors (Lipinski definition) is 1. The quantitative estimate of drug-likeness (QED) is 0.754. The van der Waals surface area contributed by atoms with Gasteiger partial charge in [-0.2, -0.15) is 5.10 Å². The molecule has 0 aliphatic carbocycles. The van der Waals surface area contributed by atoms with Gasteiger partial charge >= 0.3 is 0 Å². The second kappa shape index (κ2) is 7.14. The van der Waals surface area contributed by atoms with Crippen LogP contribution in [0.25, 0.3) is 16.7 Å². The van der Waals surface area contributed by atoms with Crippen LogP contribution in [-0.4, -0.2) is 46.0 Å². The largest absolute Gasteiger partial charge is 0.379 e. The molecule has 3 heterocycles. The highest BCUT2D eigenvalue weighted by Crippen LogP contribution is 2.30. The first-order chi connectivity index (χ1) is 13.3. The Labute approximate surface area is 162 Å². The molecule has 7 heteroatoms. The zero-order valence-corrected chi connectivity index (χ0v) is 16.5. The highest BCUT2D eigenvalue weighted by molar-refractivity contribution is 5.81. The predicted molar refractivity (Wildman–Crippen MR) is 106 cm³/mol. The minimum absolute atomic E-state index is 0.122. The van der Waals surface area contributed by atoms with E-state index in [9.17, 15) is 9.18 Å². The molecule has 148 valence electrons. The topological polar surface area (TPSA) is 63.2 Å². The summed E-state index contributed by atoms with van der Waals surface area (Å²) in [5.41, 5.74) is 2.62. The van der Waals surface area contributed by atoms with Crippen molar-refractivity contribution in [3.63, 3.8) is 0 Å². The number of nitrogens with one attached hydrogen (secondary N) is 1. The second-order valence-electron chi connectivity index (χ2n) is 8.26. The van der Waals surface area contributed by atoms with E-state index in [1.165, 1.54) is 12.1 Å². The Morgan fingerprint density at radius 2 is 1.86 bits per heavy atom. The molecule has 1 aliphatic heterocycles. The lowest BCUT2D eigenvalue weighted by molar-refractivity contribution is 0.0340. The molecular formula is C21H25FN4O2. The van der Waals surface area contributed by atoms with Crippen molar-refractivity contribution >= 4 is 11.0 Å². The first kappa shape index (κ1) is 18.8. The number of fused-ring (bicyclic) bond motifs is 1. The van der Waals surface area contributed by atoms with Crippen LogP contribution in [0.1, 0.15) is 32.0 Å². The van der Waals surface area contributed by atoms with E-state index < -0.39 is 0 Å². The van der Waals surface area contributed by atoms with Gasteiger partial charge in [-0.05, 0) is 30.3 Å². The Kier molecular flexibility index (Phi) is 4.81. The highest BCUT2D eigenvalue weighted by Gasteiger charge is 2.25. The standard InChI is InChI=1S/C21H25FN4O2/c1-21(2,3)18-17-12-14(13-25-8-10-28-11-9-25)20(27)23-19(17)26(24-18)16-6-4-15(22)5-7-16/h4-7,12H,8-11,13H2,1-3H3,(H,23,27). The Hall–Kier alpha value is -2.51. The molecule has 3 aromatic rings. The van der Waals surface area contributed by atoms with Crippen molar-refractivity contribution in [1.29, 1.82) is 0 Å². The molecule has 2 aromatic heterocycles. The molecule has 0 atom stereocenters. The highest BCUT2D eigenvalue weighted by atomic mass is 19.1. The van der Waals surface area contributed by atoms with Gasteiger partial charge in [0.05, 0.1) is 24.6 Å². The Morgan fingerprint density at radius 3 is 2.50 bits per heavy atom. The van der Waals surface area contributed by atoms with E-state index >= 15 is 0 Å². The van der Waals surface area contributed by atoms with Gasteiger partial charge in [0.1, 0.15) is 11.5 Å². The van der Waals surface area contributed by atoms with Crippen molar-refractivity contribution < 1.29 is 9.13 Å². The van der Waals surface area contributed by atoms with Crippen molar-refractivity contribution in [3.8, 4) is 5.69 Å². The average Bonchev–Trinajstić information content (AvgIpc) is 3.02. The summed E-state index contributed by atoms with van der Waals surface area (Å²) in [5.74, 6) is -0.308. The van der Waals surface area contributed by atoms with Gasteiger partial charge in [0.15, 0.2) is 0 Å². The summed E-state index contributed by atoms with van der Waals surface area (Å²) in [5, 5.41) is 5.70. The molecular weight excluding hydrogens is 359 g/mol. The number of H-pyrrole nitrogens is 1. The van der Waals surface area contributed by atoms with Crippen LogP contribution >= 0.6 is 0 Å². The van der Waals surface area contributed by atoms with Crippen LogP contribution in [0, 0.1) is 5.82 Å². The third-order valence-electron chi connectivity index (χ3n) is 5.04. The van der Waals surface area contributed by atoms with E-state index in [0.29, 0.717) is 31.1 Å². The maximum Gasteiger partial charge on any atom is 0.254 e. The molecule has 1 N–H and O–H groups in total. The van der Waals surface area contributed by atoms with Gasteiger partial charge in [0.2, 0.25) is 0 Å². The van der Waals surface area contributed by atoms with E-state index in [0.717, 1.165) is 29.7 Å². The fourth-order valence-corrected chi connectivity index (χ4v) is 3.56. The first-order valence-corrected chi connectivity index (χ1v) is 9.54. The van der Waals surface area contributed by atoms with Crippen molar-refractivity contribution in [2.24, 2.45) is 0 Å².